The maximum absolute atomic E-state index is 5.47. The minimum Gasteiger partial charge on any atom is -0.380 e. The summed E-state index contributed by atoms with van der Waals surface area (Å²) < 4.78 is 5.29. The highest BCUT2D eigenvalue weighted by atomic mass is 16.5. The molecule has 9 heavy (non-hydrogen) atoms. The van der Waals surface area contributed by atoms with Crippen molar-refractivity contribution in [3.05, 3.63) is 0 Å². The monoisotopic (exact) mass is 129 g/mol. The van der Waals surface area contributed by atoms with E-state index < -0.39 is 0 Å². The maximum Gasteiger partial charge on any atom is 0.0614 e. The van der Waals surface area contributed by atoms with Crippen LogP contribution in [0, 0.1) is 5.92 Å². The molecule has 0 spiro atoms. The Morgan fingerprint density at radius 2 is 2.33 bits per heavy atom. The van der Waals surface area contributed by atoms with Gasteiger partial charge in [-0.15, -0.1) is 0 Å². The van der Waals surface area contributed by atoms with Crippen molar-refractivity contribution in [3.8, 4) is 0 Å². The number of hydrogen-bond acceptors (Lipinski definition) is 2. The molecule has 1 aliphatic rings. The first-order valence-corrected chi connectivity index (χ1v) is 3.62. The molecule has 0 aliphatic heterocycles. The lowest BCUT2D eigenvalue weighted by Crippen LogP contribution is -2.22. The molecule has 0 aromatic heterocycles. The van der Waals surface area contributed by atoms with Crippen molar-refractivity contribution < 1.29 is 4.74 Å². The Bertz CT molecular complexity index is 77.0. The molecule has 0 aromatic carbocycles. The zero-order valence-electron chi connectivity index (χ0n) is 5.97. The third kappa shape index (κ3) is 3.49. The molecule has 0 saturated heterocycles. The summed E-state index contributed by atoms with van der Waals surface area (Å²) in [7, 11) is 0. The van der Waals surface area contributed by atoms with Gasteiger partial charge < -0.3 is 10.5 Å². The van der Waals surface area contributed by atoms with E-state index in [9.17, 15) is 0 Å². The van der Waals surface area contributed by atoms with E-state index in [2.05, 4.69) is 0 Å². The number of nitrogens with two attached hydrogens (primary N) is 1. The molecule has 0 heterocycles. The minimum absolute atomic E-state index is 0.198. The smallest absolute Gasteiger partial charge is 0.0614 e. The van der Waals surface area contributed by atoms with E-state index in [1.807, 2.05) is 6.92 Å². The minimum atomic E-state index is 0.198. The molecule has 1 saturated carbocycles. The topological polar surface area (TPSA) is 35.2 Å². The van der Waals surface area contributed by atoms with Crippen LogP contribution in [0.4, 0.5) is 0 Å². The quantitative estimate of drug-likeness (QED) is 0.608. The molecule has 0 aromatic rings. The summed E-state index contributed by atoms with van der Waals surface area (Å²) >= 11 is 0. The number of ether oxygens (including phenoxy) is 1. The fourth-order valence-electron chi connectivity index (χ4n) is 0.705. The van der Waals surface area contributed by atoms with E-state index in [0.29, 0.717) is 0 Å². The van der Waals surface area contributed by atoms with E-state index in [4.69, 9.17) is 10.5 Å². The van der Waals surface area contributed by atoms with E-state index in [0.717, 1.165) is 19.1 Å². The molecule has 1 aliphatic carbocycles. The fraction of sp³-hybridized carbons (Fsp3) is 1.00. The van der Waals surface area contributed by atoms with Gasteiger partial charge in [0.1, 0.15) is 0 Å². The first-order chi connectivity index (χ1) is 4.29. The van der Waals surface area contributed by atoms with Crippen molar-refractivity contribution >= 4 is 0 Å². The molecule has 0 bridgehead atoms. The van der Waals surface area contributed by atoms with Crippen molar-refractivity contribution in [2.24, 2.45) is 11.7 Å². The van der Waals surface area contributed by atoms with Gasteiger partial charge in [-0.1, -0.05) is 0 Å². The van der Waals surface area contributed by atoms with Crippen LogP contribution in [0.1, 0.15) is 19.8 Å². The van der Waals surface area contributed by atoms with Gasteiger partial charge in [0.05, 0.1) is 6.61 Å². The van der Waals surface area contributed by atoms with Crippen LogP contribution in [0.2, 0.25) is 0 Å². The van der Waals surface area contributed by atoms with E-state index >= 15 is 0 Å². The average molecular weight is 129 g/mol. The molecule has 2 N–H and O–H groups in total. The van der Waals surface area contributed by atoms with Gasteiger partial charge in [-0.05, 0) is 25.7 Å². The van der Waals surface area contributed by atoms with E-state index in [1.54, 1.807) is 0 Å². The van der Waals surface area contributed by atoms with Crippen LogP contribution in [0.3, 0.4) is 0 Å². The maximum atomic E-state index is 5.47. The Balaban J connectivity index is 1.81. The zero-order valence-corrected chi connectivity index (χ0v) is 5.97. The lowest BCUT2D eigenvalue weighted by Gasteiger charge is -2.04. The normalized spacial score (nSPS) is 22.0. The fourth-order valence-corrected chi connectivity index (χ4v) is 0.705. The SMILES string of the molecule is C[C@@H](N)COCC1CC1. The van der Waals surface area contributed by atoms with Crippen LogP contribution >= 0.6 is 0 Å². The third-order valence-corrected chi connectivity index (χ3v) is 1.43. The van der Waals surface area contributed by atoms with Crippen molar-refractivity contribution in [2.75, 3.05) is 13.2 Å². The predicted octanol–water partition coefficient (Wildman–Crippen LogP) is 0.760. The van der Waals surface area contributed by atoms with Gasteiger partial charge in [-0.25, -0.2) is 0 Å². The lowest BCUT2D eigenvalue weighted by molar-refractivity contribution is 0.115. The largest absolute Gasteiger partial charge is 0.380 e. The molecule has 1 atom stereocenters. The van der Waals surface area contributed by atoms with Gasteiger partial charge in [0.25, 0.3) is 0 Å². The molecule has 0 amide bonds. The van der Waals surface area contributed by atoms with Gasteiger partial charge in [0.15, 0.2) is 0 Å². The Morgan fingerprint density at radius 3 is 2.78 bits per heavy atom. The van der Waals surface area contributed by atoms with Crippen LogP contribution in [-0.4, -0.2) is 19.3 Å². The molecule has 2 heteroatoms. The van der Waals surface area contributed by atoms with Crippen molar-refractivity contribution in [3.63, 3.8) is 0 Å². The molecule has 0 unspecified atom stereocenters. The van der Waals surface area contributed by atoms with Gasteiger partial charge in [0.2, 0.25) is 0 Å². The van der Waals surface area contributed by atoms with Crippen LogP contribution in [-0.2, 0) is 4.74 Å². The first-order valence-electron chi connectivity index (χ1n) is 3.62. The van der Waals surface area contributed by atoms with E-state index in [1.165, 1.54) is 12.8 Å². The number of rotatable bonds is 4. The molecule has 1 fully saturated rings. The van der Waals surface area contributed by atoms with Gasteiger partial charge in [0, 0.05) is 12.6 Å². The Labute approximate surface area is 56.4 Å². The van der Waals surface area contributed by atoms with Gasteiger partial charge in [-0.3, -0.25) is 0 Å². The zero-order chi connectivity index (χ0) is 6.69. The number of hydrogen-bond donors (Lipinski definition) is 1. The molecule has 0 radical (unpaired) electrons. The lowest BCUT2D eigenvalue weighted by atomic mass is 10.4. The van der Waals surface area contributed by atoms with Gasteiger partial charge in [-0.2, -0.15) is 0 Å². The molecule has 2 nitrogen and oxygen atoms in total. The summed E-state index contributed by atoms with van der Waals surface area (Å²) in [4.78, 5) is 0. The van der Waals surface area contributed by atoms with Crippen molar-refractivity contribution in [1.29, 1.82) is 0 Å². The summed E-state index contributed by atoms with van der Waals surface area (Å²) in [6.07, 6.45) is 2.72. The summed E-state index contributed by atoms with van der Waals surface area (Å²) in [6.45, 7) is 3.62. The average Bonchev–Trinajstić information content (AvgIpc) is 2.48. The highest BCUT2D eigenvalue weighted by molar-refractivity contribution is 4.72. The first kappa shape index (κ1) is 7.03. The molecule has 1 rings (SSSR count). The highest BCUT2D eigenvalue weighted by Gasteiger charge is 2.20. The summed E-state index contributed by atoms with van der Waals surface area (Å²) in [5.41, 5.74) is 5.47. The summed E-state index contributed by atoms with van der Waals surface area (Å²) in [6, 6.07) is 0.198. The Morgan fingerprint density at radius 1 is 1.67 bits per heavy atom. The molecular formula is C7H15NO. The summed E-state index contributed by atoms with van der Waals surface area (Å²) in [5, 5.41) is 0. The second kappa shape index (κ2) is 3.18. The third-order valence-electron chi connectivity index (χ3n) is 1.43. The molecular weight excluding hydrogens is 114 g/mol. The van der Waals surface area contributed by atoms with Crippen molar-refractivity contribution in [2.45, 2.75) is 25.8 Å². The van der Waals surface area contributed by atoms with Crippen LogP contribution in [0.5, 0.6) is 0 Å². The Hall–Kier alpha value is -0.0800. The van der Waals surface area contributed by atoms with Crippen LogP contribution < -0.4 is 5.73 Å². The second-order valence-corrected chi connectivity index (χ2v) is 2.96. The van der Waals surface area contributed by atoms with E-state index in [-0.39, 0.29) is 6.04 Å². The summed E-state index contributed by atoms with van der Waals surface area (Å²) in [5.74, 6) is 0.865. The van der Waals surface area contributed by atoms with Crippen LogP contribution in [0.15, 0.2) is 0 Å². The standard InChI is InChI=1S/C7H15NO/c1-6(8)4-9-5-7-2-3-7/h6-7H,2-5,8H2,1H3/t6-/m1/s1. The molecule has 54 valence electrons. The van der Waals surface area contributed by atoms with Crippen LogP contribution in [0.25, 0.3) is 0 Å². The van der Waals surface area contributed by atoms with Gasteiger partial charge >= 0.3 is 0 Å². The Kier molecular flexibility index (Phi) is 2.49. The predicted molar refractivity (Wildman–Crippen MR) is 37.2 cm³/mol. The van der Waals surface area contributed by atoms with Crippen molar-refractivity contribution in [1.82, 2.24) is 0 Å². The second-order valence-electron chi connectivity index (χ2n) is 2.96. The highest BCUT2D eigenvalue weighted by Crippen LogP contribution is 2.28.